The first-order valence-electron chi connectivity index (χ1n) is 5.72. The largest absolute Gasteiger partial charge is 0.477 e. The van der Waals surface area contributed by atoms with Gasteiger partial charge in [0.05, 0.1) is 17.0 Å². The van der Waals surface area contributed by atoms with E-state index in [1.54, 1.807) is 6.92 Å². The Kier molecular flexibility index (Phi) is 3.55. The summed E-state index contributed by atoms with van der Waals surface area (Å²) in [6.45, 7) is 6.90. The Bertz CT molecular complexity index is 605. The molecule has 1 aliphatic heterocycles. The van der Waals surface area contributed by atoms with Gasteiger partial charge in [-0.2, -0.15) is 0 Å². The van der Waals surface area contributed by atoms with Crippen LogP contribution >= 0.6 is 0 Å². The summed E-state index contributed by atoms with van der Waals surface area (Å²) in [5.41, 5.74) is 1.36. The van der Waals surface area contributed by atoms with Crippen molar-refractivity contribution in [3.8, 4) is 5.75 Å². The molecule has 0 aromatic heterocycles. The number of hydrogen-bond acceptors (Lipinski definition) is 4. The number of carbonyl (C=O) groups excluding carboxylic acids is 1. The van der Waals surface area contributed by atoms with Gasteiger partial charge in [0.1, 0.15) is 17.9 Å². The normalized spacial score (nSPS) is 18.2. The highest BCUT2D eigenvalue weighted by atomic mass is 19.1. The van der Waals surface area contributed by atoms with E-state index in [0.717, 1.165) is 6.07 Å². The molecular formula is C14H13FN2O2. The van der Waals surface area contributed by atoms with Crippen molar-refractivity contribution in [3.63, 3.8) is 0 Å². The van der Waals surface area contributed by atoms with Crippen molar-refractivity contribution in [1.29, 1.82) is 0 Å². The average molecular weight is 260 g/mol. The summed E-state index contributed by atoms with van der Waals surface area (Å²) in [5, 5.41) is 0. The van der Waals surface area contributed by atoms with Crippen LogP contribution in [-0.4, -0.2) is 23.9 Å². The lowest BCUT2D eigenvalue weighted by Gasteiger charge is -2.21. The predicted molar refractivity (Wildman–Crippen MR) is 71.6 cm³/mol. The second kappa shape index (κ2) is 5.14. The number of ketones is 1. The van der Waals surface area contributed by atoms with E-state index < -0.39 is 11.9 Å². The molecule has 19 heavy (non-hydrogen) atoms. The zero-order valence-corrected chi connectivity index (χ0v) is 10.7. The van der Waals surface area contributed by atoms with Crippen molar-refractivity contribution in [2.24, 2.45) is 9.98 Å². The van der Waals surface area contributed by atoms with E-state index in [1.807, 2.05) is 0 Å². The molecule has 1 heterocycles. The van der Waals surface area contributed by atoms with Crippen LogP contribution in [0.1, 0.15) is 24.2 Å². The number of Topliss-reactive ketones (excluding diaryl/α,β-unsaturated/α-hetero) is 1. The Morgan fingerprint density at radius 3 is 2.84 bits per heavy atom. The summed E-state index contributed by atoms with van der Waals surface area (Å²) in [6, 6.07) is 3.81. The maximum Gasteiger partial charge on any atom is 0.178 e. The molecule has 0 bridgehead atoms. The van der Waals surface area contributed by atoms with Crippen LogP contribution in [0, 0.1) is 5.82 Å². The fourth-order valence-corrected chi connectivity index (χ4v) is 1.73. The first kappa shape index (κ1) is 13.1. The highest BCUT2D eigenvalue weighted by Gasteiger charge is 2.22. The van der Waals surface area contributed by atoms with Gasteiger partial charge in [-0.25, -0.2) is 14.4 Å². The summed E-state index contributed by atoms with van der Waals surface area (Å²) >= 11 is 0. The van der Waals surface area contributed by atoms with Gasteiger partial charge in [0.25, 0.3) is 0 Å². The molecule has 0 spiro atoms. The molecule has 2 rings (SSSR count). The molecule has 1 unspecified atom stereocenters. The molecule has 5 heteroatoms. The van der Waals surface area contributed by atoms with Crippen molar-refractivity contribution < 1.29 is 13.9 Å². The molecule has 4 nitrogen and oxygen atoms in total. The second-order valence-electron chi connectivity index (χ2n) is 4.20. The molecule has 0 aliphatic carbocycles. The molecule has 0 radical (unpaired) electrons. The average Bonchev–Trinajstić information content (AvgIpc) is 2.35. The smallest absolute Gasteiger partial charge is 0.178 e. The summed E-state index contributed by atoms with van der Waals surface area (Å²) in [6.07, 6.45) is 0.863. The van der Waals surface area contributed by atoms with Crippen LogP contribution in [0.3, 0.4) is 0 Å². The quantitative estimate of drug-likeness (QED) is 0.785. The van der Waals surface area contributed by atoms with E-state index in [0.29, 0.717) is 17.2 Å². The van der Waals surface area contributed by atoms with E-state index in [2.05, 4.69) is 16.6 Å². The first-order chi connectivity index (χ1) is 8.99. The lowest BCUT2D eigenvalue weighted by Crippen LogP contribution is -2.29. The number of ether oxygens (including phenoxy) is 1. The zero-order valence-electron chi connectivity index (χ0n) is 10.7. The Morgan fingerprint density at radius 1 is 1.47 bits per heavy atom. The van der Waals surface area contributed by atoms with Gasteiger partial charge in [0, 0.05) is 0 Å². The van der Waals surface area contributed by atoms with Gasteiger partial charge in [0.15, 0.2) is 11.9 Å². The number of hydrogen-bond donors (Lipinski definition) is 0. The number of halogens is 1. The van der Waals surface area contributed by atoms with Crippen molar-refractivity contribution in [2.75, 3.05) is 0 Å². The number of aliphatic imine (C=N–C) groups is 2. The Balaban J connectivity index is 2.34. The minimum absolute atomic E-state index is 0.190. The minimum atomic E-state index is -0.534. The summed E-state index contributed by atoms with van der Waals surface area (Å²) in [7, 11) is 0. The van der Waals surface area contributed by atoms with E-state index in [-0.39, 0.29) is 11.3 Å². The number of benzene rings is 1. The topological polar surface area (TPSA) is 51.0 Å². The fraction of sp³-hybridized carbons (Fsp3) is 0.214. The van der Waals surface area contributed by atoms with Crippen LogP contribution in [0.4, 0.5) is 4.39 Å². The van der Waals surface area contributed by atoms with Crippen LogP contribution in [0.2, 0.25) is 0 Å². The molecule has 0 saturated carbocycles. The van der Waals surface area contributed by atoms with Crippen molar-refractivity contribution in [2.45, 2.75) is 20.0 Å². The van der Waals surface area contributed by atoms with Crippen LogP contribution < -0.4 is 4.74 Å². The lowest BCUT2D eigenvalue weighted by atomic mass is 10.1. The van der Waals surface area contributed by atoms with Crippen molar-refractivity contribution in [3.05, 3.63) is 41.9 Å². The van der Waals surface area contributed by atoms with Gasteiger partial charge in [-0.1, -0.05) is 6.58 Å². The lowest BCUT2D eigenvalue weighted by molar-refractivity contribution is 0.101. The maximum atomic E-state index is 13.2. The third kappa shape index (κ3) is 2.76. The number of nitrogens with zero attached hydrogens (tertiary/aromatic N) is 2. The van der Waals surface area contributed by atoms with Crippen molar-refractivity contribution in [1.82, 2.24) is 0 Å². The molecule has 0 N–H and O–H groups in total. The van der Waals surface area contributed by atoms with E-state index in [9.17, 15) is 9.18 Å². The molecule has 0 amide bonds. The van der Waals surface area contributed by atoms with E-state index in [1.165, 1.54) is 25.4 Å². The molecule has 1 aromatic rings. The molecular weight excluding hydrogens is 247 g/mol. The highest BCUT2D eigenvalue weighted by Crippen LogP contribution is 2.24. The van der Waals surface area contributed by atoms with Gasteiger partial charge < -0.3 is 4.74 Å². The Morgan fingerprint density at radius 2 is 2.21 bits per heavy atom. The van der Waals surface area contributed by atoms with Crippen LogP contribution in [0.25, 0.3) is 0 Å². The van der Waals surface area contributed by atoms with E-state index >= 15 is 0 Å². The third-order valence-corrected chi connectivity index (χ3v) is 2.73. The number of rotatable bonds is 3. The molecule has 0 saturated heterocycles. The Labute approximate surface area is 110 Å². The summed E-state index contributed by atoms with van der Waals surface area (Å²) in [4.78, 5) is 19.5. The van der Waals surface area contributed by atoms with Gasteiger partial charge >= 0.3 is 0 Å². The third-order valence-electron chi connectivity index (χ3n) is 2.73. The molecule has 0 fully saturated rings. The van der Waals surface area contributed by atoms with Crippen LogP contribution in [-0.2, 0) is 0 Å². The molecule has 98 valence electrons. The standard InChI is InChI=1S/C14H13FN2O2/c1-8-14(9(2)17-7-16-8)19-13-5-4-11(15)6-12(13)10(3)18/h4-7,14H,1H2,2-3H3. The molecule has 1 aromatic carbocycles. The van der Waals surface area contributed by atoms with Crippen LogP contribution in [0.5, 0.6) is 5.75 Å². The monoisotopic (exact) mass is 260 g/mol. The van der Waals surface area contributed by atoms with E-state index in [4.69, 9.17) is 4.74 Å². The van der Waals surface area contributed by atoms with Crippen LogP contribution in [0.15, 0.2) is 40.5 Å². The summed E-state index contributed by atoms with van der Waals surface area (Å²) in [5.74, 6) is -0.454. The van der Waals surface area contributed by atoms with Crippen molar-refractivity contribution >= 4 is 17.8 Å². The SMILES string of the molecule is C=C1N=CN=C(C)C1Oc1ccc(F)cc1C(C)=O. The predicted octanol–water partition coefficient (Wildman–Crippen LogP) is 2.79. The highest BCUT2D eigenvalue weighted by molar-refractivity contribution is 5.98. The Hall–Kier alpha value is -2.30. The zero-order chi connectivity index (χ0) is 14.0. The van der Waals surface area contributed by atoms with Gasteiger partial charge in [0.2, 0.25) is 0 Å². The molecule has 1 aliphatic rings. The summed E-state index contributed by atoms with van der Waals surface area (Å²) < 4.78 is 18.9. The van der Waals surface area contributed by atoms with Gasteiger partial charge in [-0.3, -0.25) is 4.79 Å². The first-order valence-corrected chi connectivity index (χ1v) is 5.72. The second-order valence-corrected chi connectivity index (χ2v) is 4.20. The van der Waals surface area contributed by atoms with Gasteiger partial charge in [-0.15, -0.1) is 0 Å². The minimum Gasteiger partial charge on any atom is -0.477 e. The number of carbonyl (C=O) groups is 1. The fourth-order valence-electron chi connectivity index (χ4n) is 1.73. The maximum absolute atomic E-state index is 13.2. The van der Waals surface area contributed by atoms with Gasteiger partial charge in [-0.05, 0) is 32.0 Å². The molecule has 1 atom stereocenters.